The Balaban J connectivity index is 2.12. The zero-order chi connectivity index (χ0) is 11.4. The molecule has 16 heavy (non-hydrogen) atoms. The Morgan fingerprint density at radius 1 is 1.19 bits per heavy atom. The van der Waals surface area contributed by atoms with Gasteiger partial charge in [0.15, 0.2) is 0 Å². The molecule has 3 nitrogen and oxygen atoms in total. The molecule has 82 valence electrons. The van der Waals surface area contributed by atoms with Crippen molar-refractivity contribution in [1.29, 1.82) is 0 Å². The molecule has 4 heteroatoms. The molecule has 0 aliphatic rings. The van der Waals surface area contributed by atoms with E-state index in [-0.39, 0.29) is 5.28 Å². The largest absolute Gasteiger partial charge is 0.355 e. The number of hydrogen-bond donors (Lipinski definition) is 0. The number of hydrogen-bond acceptors (Lipinski definition) is 3. The number of rotatable bonds is 3. The average Bonchev–Trinajstić information content (AvgIpc) is 2.30. The van der Waals surface area contributed by atoms with Crippen LogP contribution < -0.4 is 4.90 Å². The van der Waals surface area contributed by atoms with Crippen molar-refractivity contribution in [1.82, 2.24) is 9.97 Å². The molecule has 0 unspecified atom stereocenters. The van der Waals surface area contributed by atoms with Crippen LogP contribution in [-0.4, -0.2) is 17.0 Å². The first-order valence-corrected chi connectivity index (χ1v) is 5.37. The SMILES string of the molecule is CN(Cc1ccccc1)c1ccnc(Cl)n1. The maximum atomic E-state index is 5.74. The predicted molar refractivity (Wildman–Crippen MR) is 65.6 cm³/mol. The minimum atomic E-state index is 0.275. The van der Waals surface area contributed by atoms with E-state index in [1.165, 1.54) is 5.56 Å². The summed E-state index contributed by atoms with van der Waals surface area (Å²) in [5.41, 5.74) is 1.24. The first kappa shape index (κ1) is 10.9. The Kier molecular flexibility index (Phi) is 3.37. The minimum absolute atomic E-state index is 0.275. The van der Waals surface area contributed by atoms with Gasteiger partial charge >= 0.3 is 0 Å². The van der Waals surface area contributed by atoms with Crippen molar-refractivity contribution in [3.05, 3.63) is 53.4 Å². The quantitative estimate of drug-likeness (QED) is 0.764. The maximum absolute atomic E-state index is 5.74. The summed E-state index contributed by atoms with van der Waals surface area (Å²) < 4.78 is 0. The Hall–Kier alpha value is -1.61. The average molecular weight is 234 g/mol. The summed E-state index contributed by atoms with van der Waals surface area (Å²) in [6.45, 7) is 0.800. The van der Waals surface area contributed by atoms with Gasteiger partial charge < -0.3 is 4.90 Å². The van der Waals surface area contributed by atoms with Gasteiger partial charge in [0.1, 0.15) is 5.82 Å². The summed E-state index contributed by atoms with van der Waals surface area (Å²) in [4.78, 5) is 10.0. The van der Waals surface area contributed by atoms with E-state index in [2.05, 4.69) is 22.1 Å². The van der Waals surface area contributed by atoms with E-state index in [0.29, 0.717) is 0 Å². The zero-order valence-electron chi connectivity index (χ0n) is 8.97. The van der Waals surface area contributed by atoms with Gasteiger partial charge in [-0.3, -0.25) is 0 Å². The Labute approximate surface area is 99.7 Å². The number of nitrogens with zero attached hydrogens (tertiary/aromatic N) is 3. The molecule has 0 atom stereocenters. The summed E-state index contributed by atoms with van der Waals surface area (Å²) in [7, 11) is 1.98. The lowest BCUT2D eigenvalue weighted by Gasteiger charge is -2.17. The molecule has 0 saturated carbocycles. The first-order chi connectivity index (χ1) is 7.75. The lowest BCUT2D eigenvalue weighted by molar-refractivity contribution is 0.891. The van der Waals surface area contributed by atoms with Gasteiger partial charge in [-0.15, -0.1) is 0 Å². The van der Waals surface area contributed by atoms with Crippen LogP contribution in [0.4, 0.5) is 5.82 Å². The van der Waals surface area contributed by atoms with E-state index < -0.39 is 0 Å². The Morgan fingerprint density at radius 2 is 1.94 bits per heavy atom. The third-order valence-corrected chi connectivity index (χ3v) is 2.45. The second-order valence-electron chi connectivity index (χ2n) is 3.53. The smallest absolute Gasteiger partial charge is 0.224 e. The third-order valence-electron chi connectivity index (χ3n) is 2.27. The molecule has 0 radical (unpaired) electrons. The fraction of sp³-hybridized carbons (Fsp3) is 0.167. The number of aromatic nitrogens is 2. The molecular weight excluding hydrogens is 222 g/mol. The molecule has 1 heterocycles. The highest BCUT2D eigenvalue weighted by atomic mass is 35.5. The molecule has 1 aromatic carbocycles. The molecule has 0 N–H and O–H groups in total. The van der Waals surface area contributed by atoms with Gasteiger partial charge in [-0.05, 0) is 23.2 Å². The van der Waals surface area contributed by atoms with Gasteiger partial charge in [0, 0.05) is 19.8 Å². The van der Waals surface area contributed by atoms with Gasteiger partial charge in [-0.2, -0.15) is 0 Å². The highest BCUT2D eigenvalue weighted by Gasteiger charge is 2.03. The maximum Gasteiger partial charge on any atom is 0.224 e. The van der Waals surface area contributed by atoms with Crippen LogP contribution in [0.3, 0.4) is 0 Å². The lowest BCUT2D eigenvalue weighted by Crippen LogP contribution is -2.17. The van der Waals surface area contributed by atoms with Crippen molar-refractivity contribution < 1.29 is 0 Å². The van der Waals surface area contributed by atoms with Crippen molar-refractivity contribution >= 4 is 17.4 Å². The molecule has 1 aromatic heterocycles. The van der Waals surface area contributed by atoms with Crippen LogP contribution in [0.2, 0.25) is 5.28 Å². The van der Waals surface area contributed by atoms with Gasteiger partial charge in [0.25, 0.3) is 0 Å². The topological polar surface area (TPSA) is 29.0 Å². The third kappa shape index (κ3) is 2.70. The van der Waals surface area contributed by atoms with Crippen molar-refractivity contribution in [2.75, 3.05) is 11.9 Å². The molecular formula is C12H12ClN3. The van der Waals surface area contributed by atoms with E-state index in [4.69, 9.17) is 11.6 Å². The van der Waals surface area contributed by atoms with Crippen molar-refractivity contribution in [2.45, 2.75) is 6.54 Å². The number of halogens is 1. The van der Waals surface area contributed by atoms with Gasteiger partial charge in [-0.25, -0.2) is 9.97 Å². The normalized spacial score (nSPS) is 10.1. The standard InChI is InChI=1S/C12H12ClN3/c1-16(9-10-5-3-2-4-6-10)11-7-8-14-12(13)15-11/h2-8H,9H2,1H3. The van der Waals surface area contributed by atoms with Crippen LogP contribution in [0, 0.1) is 0 Å². The van der Waals surface area contributed by atoms with Crippen LogP contribution in [0.1, 0.15) is 5.56 Å². The van der Waals surface area contributed by atoms with E-state index in [1.807, 2.05) is 36.2 Å². The molecule has 0 aliphatic carbocycles. The number of benzene rings is 1. The van der Waals surface area contributed by atoms with Crippen molar-refractivity contribution in [2.24, 2.45) is 0 Å². The van der Waals surface area contributed by atoms with E-state index in [9.17, 15) is 0 Å². The van der Waals surface area contributed by atoms with Crippen LogP contribution in [0.15, 0.2) is 42.6 Å². The highest BCUT2D eigenvalue weighted by Crippen LogP contribution is 2.13. The fourth-order valence-corrected chi connectivity index (χ4v) is 1.62. The van der Waals surface area contributed by atoms with Crippen molar-refractivity contribution in [3.63, 3.8) is 0 Å². The first-order valence-electron chi connectivity index (χ1n) is 4.99. The molecule has 0 aliphatic heterocycles. The summed E-state index contributed by atoms with van der Waals surface area (Å²) in [6.07, 6.45) is 1.66. The summed E-state index contributed by atoms with van der Waals surface area (Å²) in [6, 6.07) is 12.1. The van der Waals surface area contributed by atoms with Gasteiger partial charge in [0.2, 0.25) is 5.28 Å². The van der Waals surface area contributed by atoms with Gasteiger partial charge in [-0.1, -0.05) is 30.3 Å². The van der Waals surface area contributed by atoms with Crippen LogP contribution in [0.25, 0.3) is 0 Å². The second kappa shape index (κ2) is 4.94. The molecule has 2 rings (SSSR count). The monoisotopic (exact) mass is 233 g/mol. The summed E-state index contributed by atoms with van der Waals surface area (Å²) >= 11 is 5.74. The van der Waals surface area contributed by atoms with Gasteiger partial charge in [0.05, 0.1) is 0 Å². The second-order valence-corrected chi connectivity index (χ2v) is 3.86. The van der Waals surface area contributed by atoms with Crippen LogP contribution in [0.5, 0.6) is 0 Å². The molecule has 0 bridgehead atoms. The van der Waals surface area contributed by atoms with E-state index in [0.717, 1.165) is 12.4 Å². The molecule has 0 amide bonds. The van der Waals surface area contributed by atoms with Crippen LogP contribution >= 0.6 is 11.6 Å². The van der Waals surface area contributed by atoms with Crippen LogP contribution in [-0.2, 0) is 6.54 Å². The minimum Gasteiger partial charge on any atom is -0.355 e. The highest BCUT2D eigenvalue weighted by molar-refractivity contribution is 6.28. The molecule has 0 spiro atoms. The fourth-order valence-electron chi connectivity index (χ4n) is 1.48. The molecule has 0 fully saturated rings. The van der Waals surface area contributed by atoms with E-state index >= 15 is 0 Å². The summed E-state index contributed by atoms with van der Waals surface area (Å²) in [5, 5.41) is 0.275. The number of anilines is 1. The predicted octanol–water partition coefficient (Wildman–Crippen LogP) is 2.77. The Bertz CT molecular complexity index is 459. The van der Waals surface area contributed by atoms with E-state index in [1.54, 1.807) is 6.20 Å². The Morgan fingerprint density at radius 3 is 2.62 bits per heavy atom. The molecule has 0 saturated heterocycles. The lowest BCUT2D eigenvalue weighted by atomic mass is 10.2. The zero-order valence-corrected chi connectivity index (χ0v) is 9.72. The van der Waals surface area contributed by atoms with Crippen molar-refractivity contribution in [3.8, 4) is 0 Å². The summed E-state index contributed by atoms with van der Waals surface area (Å²) in [5.74, 6) is 0.823. The molecule has 2 aromatic rings.